The molecule has 0 radical (unpaired) electrons. The molecular formula is C25H23N3O4. The average Bonchev–Trinajstić information content (AvgIpc) is 3.09. The number of carbonyl (C=O) groups is 2. The summed E-state index contributed by atoms with van der Waals surface area (Å²) in [5.74, 6) is -0.223. The smallest absolute Gasteiger partial charge is 0.337 e. The molecule has 0 spiro atoms. The number of esters is 1. The third-order valence-electron chi connectivity index (χ3n) is 5.03. The topological polar surface area (TPSA) is 93.4 Å². The van der Waals surface area contributed by atoms with Crippen molar-refractivity contribution < 1.29 is 19.1 Å². The van der Waals surface area contributed by atoms with E-state index in [4.69, 9.17) is 9.47 Å². The lowest BCUT2D eigenvalue weighted by molar-refractivity contribution is -0.112. The fourth-order valence-electron chi connectivity index (χ4n) is 3.37. The second-order valence-electron chi connectivity index (χ2n) is 7.05. The number of hydrogen-bond donors (Lipinski definition) is 1. The Morgan fingerprint density at radius 2 is 1.69 bits per heavy atom. The molecular weight excluding hydrogens is 406 g/mol. The first kappa shape index (κ1) is 22.4. The van der Waals surface area contributed by atoms with Crippen LogP contribution >= 0.6 is 0 Å². The molecule has 3 aromatic rings. The van der Waals surface area contributed by atoms with Crippen LogP contribution in [0, 0.1) is 25.2 Å². The third-order valence-corrected chi connectivity index (χ3v) is 5.03. The van der Waals surface area contributed by atoms with E-state index in [0.29, 0.717) is 17.0 Å². The number of rotatable bonds is 6. The molecule has 0 fully saturated rings. The highest BCUT2D eigenvalue weighted by Gasteiger charge is 2.15. The Kier molecular flexibility index (Phi) is 6.76. The molecule has 3 rings (SSSR count). The lowest BCUT2D eigenvalue weighted by Crippen LogP contribution is -2.13. The fourth-order valence-corrected chi connectivity index (χ4v) is 3.37. The van der Waals surface area contributed by atoms with Gasteiger partial charge in [-0.05, 0) is 80.1 Å². The molecule has 162 valence electrons. The molecule has 0 unspecified atom stereocenters. The van der Waals surface area contributed by atoms with E-state index < -0.39 is 11.9 Å². The van der Waals surface area contributed by atoms with E-state index in [9.17, 15) is 14.9 Å². The van der Waals surface area contributed by atoms with E-state index in [1.807, 2.05) is 42.7 Å². The molecule has 0 bridgehead atoms. The summed E-state index contributed by atoms with van der Waals surface area (Å²) in [5.41, 5.74) is 4.40. The van der Waals surface area contributed by atoms with Gasteiger partial charge in [0.05, 0.1) is 19.8 Å². The number of aryl methyl sites for hydroxylation is 1. The standard InChI is InChI=1S/C25H23N3O4/c1-16-13-19(17(2)28(16)22-9-5-18(6-10-22)25(30)32-4)14-20(15-26)24(29)27-21-7-11-23(31-3)12-8-21/h5-14H,1-4H3,(H,27,29). The first-order chi connectivity index (χ1) is 15.4. The quantitative estimate of drug-likeness (QED) is 0.355. The van der Waals surface area contributed by atoms with E-state index in [1.165, 1.54) is 7.11 Å². The maximum Gasteiger partial charge on any atom is 0.337 e. The van der Waals surface area contributed by atoms with Crippen LogP contribution in [-0.4, -0.2) is 30.7 Å². The van der Waals surface area contributed by atoms with Crippen LogP contribution in [0.15, 0.2) is 60.2 Å². The predicted molar refractivity (Wildman–Crippen MR) is 122 cm³/mol. The maximum absolute atomic E-state index is 12.6. The number of hydrogen-bond acceptors (Lipinski definition) is 5. The normalized spacial score (nSPS) is 10.9. The minimum Gasteiger partial charge on any atom is -0.497 e. The first-order valence-corrected chi connectivity index (χ1v) is 9.82. The summed E-state index contributed by atoms with van der Waals surface area (Å²) in [6.07, 6.45) is 1.57. The Morgan fingerprint density at radius 3 is 2.25 bits per heavy atom. The van der Waals surface area contributed by atoms with Gasteiger partial charge in [-0.1, -0.05) is 0 Å². The Bertz CT molecular complexity index is 1210. The molecule has 0 aliphatic carbocycles. The largest absolute Gasteiger partial charge is 0.497 e. The van der Waals surface area contributed by atoms with Crippen LogP contribution in [0.4, 0.5) is 5.69 Å². The lowest BCUT2D eigenvalue weighted by atomic mass is 10.1. The van der Waals surface area contributed by atoms with E-state index in [2.05, 4.69) is 5.32 Å². The van der Waals surface area contributed by atoms with Crippen LogP contribution < -0.4 is 10.1 Å². The number of benzene rings is 2. The van der Waals surface area contributed by atoms with Gasteiger partial charge in [0.25, 0.3) is 5.91 Å². The number of nitrogens with zero attached hydrogens (tertiary/aromatic N) is 2. The van der Waals surface area contributed by atoms with Gasteiger partial charge in [-0.25, -0.2) is 4.79 Å². The van der Waals surface area contributed by atoms with Gasteiger partial charge in [-0.3, -0.25) is 4.79 Å². The second-order valence-corrected chi connectivity index (χ2v) is 7.05. The minimum atomic E-state index is -0.495. The maximum atomic E-state index is 12.6. The minimum absolute atomic E-state index is 0.0119. The van der Waals surface area contributed by atoms with Crippen molar-refractivity contribution in [3.8, 4) is 17.5 Å². The van der Waals surface area contributed by atoms with Crippen LogP contribution in [0.5, 0.6) is 5.75 Å². The second kappa shape index (κ2) is 9.67. The summed E-state index contributed by atoms with van der Waals surface area (Å²) < 4.78 is 11.8. The van der Waals surface area contributed by atoms with Crippen molar-refractivity contribution in [2.24, 2.45) is 0 Å². The summed E-state index contributed by atoms with van der Waals surface area (Å²) in [7, 11) is 2.90. The zero-order chi connectivity index (χ0) is 23.3. The van der Waals surface area contributed by atoms with E-state index >= 15 is 0 Å². The Labute approximate surface area is 186 Å². The molecule has 0 atom stereocenters. The van der Waals surface area contributed by atoms with Crippen molar-refractivity contribution in [3.05, 3.63) is 82.7 Å². The van der Waals surface area contributed by atoms with Crippen LogP contribution in [0.2, 0.25) is 0 Å². The highest BCUT2D eigenvalue weighted by Crippen LogP contribution is 2.24. The summed E-state index contributed by atoms with van der Waals surface area (Å²) in [6.45, 7) is 3.84. The van der Waals surface area contributed by atoms with Crippen LogP contribution in [-0.2, 0) is 9.53 Å². The Hall–Kier alpha value is -4.31. The number of carbonyl (C=O) groups excluding carboxylic acids is 2. The van der Waals surface area contributed by atoms with Crippen molar-refractivity contribution in [3.63, 3.8) is 0 Å². The molecule has 0 aliphatic rings. The van der Waals surface area contributed by atoms with Crippen molar-refractivity contribution >= 4 is 23.6 Å². The average molecular weight is 429 g/mol. The Balaban J connectivity index is 1.87. The number of methoxy groups -OCH3 is 2. The molecule has 7 heteroatoms. The lowest BCUT2D eigenvalue weighted by Gasteiger charge is -2.10. The SMILES string of the molecule is COC(=O)c1ccc(-n2c(C)cc(C=C(C#N)C(=O)Nc3ccc(OC)cc3)c2C)cc1. The van der Waals surface area contributed by atoms with Gasteiger partial charge >= 0.3 is 5.97 Å². The van der Waals surface area contributed by atoms with Crippen LogP contribution in [0.3, 0.4) is 0 Å². The van der Waals surface area contributed by atoms with Crippen molar-refractivity contribution in [1.82, 2.24) is 4.57 Å². The first-order valence-electron chi connectivity index (χ1n) is 9.82. The summed E-state index contributed by atoms with van der Waals surface area (Å²) in [4.78, 5) is 24.3. The fraction of sp³-hybridized carbons (Fsp3) is 0.160. The van der Waals surface area contributed by atoms with Crippen molar-refractivity contribution in [1.29, 1.82) is 5.26 Å². The molecule has 1 heterocycles. The van der Waals surface area contributed by atoms with E-state index in [1.54, 1.807) is 49.6 Å². The van der Waals surface area contributed by atoms with Crippen LogP contribution in [0.1, 0.15) is 27.3 Å². The number of nitrogens with one attached hydrogen (secondary N) is 1. The molecule has 1 aromatic heterocycles. The monoisotopic (exact) mass is 429 g/mol. The van der Waals surface area contributed by atoms with E-state index in [-0.39, 0.29) is 5.57 Å². The van der Waals surface area contributed by atoms with Crippen molar-refractivity contribution in [2.45, 2.75) is 13.8 Å². The zero-order valence-electron chi connectivity index (χ0n) is 18.3. The number of amides is 1. The molecule has 2 aromatic carbocycles. The summed E-state index contributed by atoms with van der Waals surface area (Å²) in [5, 5.41) is 12.3. The number of anilines is 1. The van der Waals surface area contributed by atoms with Gasteiger partial charge in [0, 0.05) is 22.8 Å². The van der Waals surface area contributed by atoms with Gasteiger partial charge < -0.3 is 19.4 Å². The number of nitriles is 1. The molecule has 32 heavy (non-hydrogen) atoms. The highest BCUT2D eigenvalue weighted by molar-refractivity contribution is 6.09. The van der Waals surface area contributed by atoms with Gasteiger partial charge in [-0.2, -0.15) is 5.26 Å². The third kappa shape index (κ3) is 4.71. The predicted octanol–water partition coefficient (Wildman–Crippen LogP) is 4.44. The van der Waals surface area contributed by atoms with Gasteiger partial charge in [0.1, 0.15) is 17.4 Å². The number of ether oxygens (including phenoxy) is 2. The molecule has 1 N–H and O–H groups in total. The highest BCUT2D eigenvalue weighted by atomic mass is 16.5. The molecule has 1 amide bonds. The van der Waals surface area contributed by atoms with Gasteiger partial charge in [0.15, 0.2) is 0 Å². The van der Waals surface area contributed by atoms with Crippen molar-refractivity contribution in [2.75, 3.05) is 19.5 Å². The Morgan fingerprint density at radius 1 is 1.03 bits per heavy atom. The molecule has 0 saturated heterocycles. The van der Waals surface area contributed by atoms with Crippen LogP contribution in [0.25, 0.3) is 11.8 Å². The molecule has 0 saturated carbocycles. The molecule has 0 aliphatic heterocycles. The summed E-state index contributed by atoms with van der Waals surface area (Å²) >= 11 is 0. The van der Waals surface area contributed by atoms with Gasteiger partial charge in [0.2, 0.25) is 0 Å². The van der Waals surface area contributed by atoms with E-state index in [0.717, 1.165) is 22.6 Å². The number of aromatic nitrogens is 1. The van der Waals surface area contributed by atoms with Gasteiger partial charge in [-0.15, -0.1) is 0 Å². The summed E-state index contributed by atoms with van der Waals surface area (Å²) in [6, 6.07) is 17.8. The molecule has 7 nitrogen and oxygen atoms in total. The zero-order valence-corrected chi connectivity index (χ0v) is 18.3.